The van der Waals surface area contributed by atoms with Gasteiger partial charge in [-0.05, 0) is 19.1 Å². The number of pyridine rings is 1. The monoisotopic (exact) mass is 246 g/mol. The summed E-state index contributed by atoms with van der Waals surface area (Å²) < 4.78 is 1.73. The van der Waals surface area contributed by atoms with Gasteiger partial charge in [0.25, 0.3) is 5.91 Å². The number of hydrazine groups is 1. The van der Waals surface area contributed by atoms with Crippen LogP contribution >= 0.6 is 0 Å². The Morgan fingerprint density at radius 1 is 1.39 bits per heavy atom. The number of anilines is 2. The summed E-state index contributed by atoms with van der Waals surface area (Å²) in [5.74, 6) is 4.93. The number of carbonyl (C=O) groups is 1. The van der Waals surface area contributed by atoms with Gasteiger partial charge in [-0.1, -0.05) is 0 Å². The Morgan fingerprint density at radius 3 is 2.78 bits per heavy atom. The predicted molar refractivity (Wildman–Crippen MR) is 67.9 cm³/mol. The number of nitrogens with one attached hydrogen (secondary N) is 2. The molecule has 2 heterocycles. The predicted octanol–water partition coefficient (Wildman–Crippen LogP) is 0.836. The second-order valence-electron chi connectivity index (χ2n) is 3.62. The summed E-state index contributed by atoms with van der Waals surface area (Å²) in [4.78, 5) is 15.8. The highest BCUT2D eigenvalue weighted by molar-refractivity contribution is 6.02. The van der Waals surface area contributed by atoms with E-state index in [2.05, 4.69) is 20.8 Å². The van der Waals surface area contributed by atoms with Crippen molar-refractivity contribution in [1.29, 1.82) is 0 Å². The van der Waals surface area contributed by atoms with Crippen molar-refractivity contribution in [3.05, 3.63) is 36.4 Å². The number of nitrogen functional groups attached to an aromatic ring is 1. The molecule has 0 aliphatic carbocycles. The molecular weight excluding hydrogens is 232 g/mol. The molecule has 94 valence electrons. The van der Waals surface area contributed by atoms with Crippen LogP contribution in [0, 0.1) is 0 Å². The lowest BCUT2D eigenvalue weighted by molar-refractivity contribution is 0.102. The number of carbonyl (C=O) groups excluding carboxylic acids is 1. The Bertz CT molecular complexity index is 533. The van der Waals surface area contributed by atoms with Gasteiger partial charge in [-0.2, -0.15) is 5.10 Å². The normalized spacial score (nSPS) is 10.1. The molecule has 0 spiro atoms. The van der Waals surface area contributed by atoms with Crippen LogP contribution < -0.4 is 16.6 Å². The fourth-order valence-electron chi connectivity index (χ4n) is 1.41. The zero-order valence-electron chi connectivity index (χ0n) is 9.92. The Kier molecular flexibility index (Phi) is 3.54. The molecule has 0 aromatic carbocycles. The molecule has 0 unspecified atom stereocenters. The van der Waals surface area contributed by atoms with Crippen molar-refractivity contribution < 1.29 is 4.79 Å². The molecule has 1 amide bonds. The molecule has 7 nitrogen and oxygen atoms in total. The third-order valence-electron chi connectivity index (χ3n) is 2.38. The molecule has 0 atom stereocenters. The minimum Gasteiger partial charge on any atom is -0.323 e. The van der Waals surface area contributed by atoms with Crippen molar-refractivity contribution in [2.24, 2.45) is 5.84 Å². The molecule has 0 saturated carbocycles. The highest BCUT2D eigenvalue weighted by Crippen LogP contribution is 2.09. The first-order chi connectivity index (χ1) is 8.72. The van der Waals surface area contributed by atoms with Crippen molar-refractivity contribution in [2.45, 2.75) is 13.5 Å². The topological polar surface area (TPSA) is 97.9 Å². The molecule has 0 aliphatic heterocycles. The molecule has 18 heavy (non-hydrogen) atoms. The molecular formula is C11H14N6O. The SMILES string of the molecule is CCn1cc(NC(=O)c2ccc(NN)cn2)cn1. The summed E-state index contributed by atoms with van der Waals surface area (Å²) >= 11 is 0. The second kappa shape index (κ2) is 5.28. The Balaban J connectivity index is 2.06. The van der Waals surface area contributed by atoms with Gasteiger partial charge in [0.1, 0.15) is 5.69 Å². The van der Waals surface area contributed by atoms with E-state index in [4.69, 9.17) is 5.84 Å². The number of nitrogens with two attached hydrogens (primary N) is 1. The van der Waals surface area contributed by atoms with Crippen LogP contribution in [0.4, 0.5) is 11.4 Å². The van der Waals surface area contributed by atoms with Gasteiger partial charge >= 0.3 is 0 Å². The largest absolute Gasteiger partial charge is 0.323 e. The number of aryl methyl sites for hydroxylation is 1. The lowest BCUT2D eigenvalue weighted by Crippen LogP contribution is -2.14. The zero-order chi connectivity index (χ0) is 13.0. The number of hydrogen-bond acceptors (Lipinski definition) is 5. The molecule has 0 aliphatic rings. The highest BCUT2D eigenvalue weighted by Gasteiger charge is 2.08. The van der Waals surface area contributed by atoms with Crippen molar-refractivity contribution >= 4 is 17.3 Å². The zero-order valence-corrected chi connectivity index (χ0v) is 9.92. The first-order valence-corrected chi connectivity index (χ1v) is 5.49. The van der Waals surface area contributed by atoms with E-state index >= 15 is 0 Å². The number of nitrogens with zero attached hydrogens (tertiary/aromatic N) is 3. The molecule has 0 radical (unpaired) electrons. The molecule has 0 fully saturated rings. The molecule has 2 aromatic rings. The van der Waals surface area contributed by atoms with Gasteiger partial charge in [-0.25, -0.2) is 4.98 Å². The molecule has 2 rings (SSSR count). The lowest BCUT2D eigenvalue weighted by Gasteiger charge is -2.03. The molecule has 2 aromatic heterocycles. The van der Waals surface area contributed by atoms with Gasteiger partial charge in [-0.15, -0.1) is 0 Å². The van der Waals surface area contributed by atoms with Crippen molar-refractivity contribution in [1.82, 2.24) is 14.8 Å². The number of amides is 1. The maximum Gasteiger partial charge on any atom is 0.274 e. The van der Waals surface area contributed by atoms with Gasteiger partial charge in [-0.3, -0.25) is 15.3 Å². The van der Waals surface area contributed by atoms with Crippen molar-refractivity contribution in [2.75, 3.05) is 10.7 Å². The van der Waals surface area contributed by atoms with Crippen LogP contribution in [0.25, 0.3) is 0 Å². The van der Waals surface area contributed by atoms with E-state index in [9.17, 15) is 4.79 Å². The van der Waals surface area contributed by atoms with Crippen molar-refractivity contribution in [3.63, 3.8) is 0 Å². The molecule has 0 saturated heterocycles. The Morgan fingerprint density at radius 2 is 2.22 bits per heavy atom. The third-order valence-corrected chi connectivity index (χ3v) is 2.38. The van der Waals surface area contributed by atoms with E-state index in [1.165, 1.54) is 6.20 Å². The van der Waals surface area contributed by atoms with Gasteiger partial charge in [0.2, 0.25) is 0 Å². The van der Waals surface area contributed by atoms with Gasteiger partial charge in [0, 0.05) is 12.7 Å². The minimum atomic E-state index is -0.283. The average Bonchev–Trinajstić information content (AvgIpc) is 2.86. The van der Waals surface area contributed by atoms with E-state index in [1.807, 2.05) is 6.92 Å². The van der Waals surface area contributed by atoms with Crippen LogP contribution in [0.5, 0.6) is 0 Å². The summed E-state index contributed by atoms with van der Waals surface area (Å²) in [6.07, 6.45) is 4.84. The first-order valence-electron chi connectivity index (χ1n) is 5.49. The van der Waals surface area contributed by atoms with Crippen LogP contribution in [0.15, 0.2) is 30.7 Å². The third kappa shape index (κ3) is 2.64. The van der Waals surface area contributed by atoms with Gasteiger partial charge < -0.3 is 10.7 Å². The summed E-state index contributed by atoms with van der Waals surface area (Å²) in [6.45, 7) is 2.73. The number of aromatic nitrogens is 3. The van der Waals surface area contributed by atoms with E-state index in [0.29, 0.717) is 17.1 Å². The fourth-order valence-corrected chi connectivity index (χ4v) is 1.41. The first kappa shape index (κ1) is 12.1. The molecule has 0 bridgehead atoms. The summed E-state index contributed by atoms with van der Waals surface area (Å²) in [5, 5.41) is 6.78. The van der Waals surface area contributed by atoms with Crippen molar-refractivity contribution in [3.8, 4) is 0 Å². The lowest BCUT2D eigenvalue weighted by atomic mass is 10.3. The van der Waals surface area contributed by atoms with Crippen LogP contribution in [-0.2, 0) is 6.54 Å². The second-order valence-corrected chi connectivity index (χ2v) is 3.62. The maximum absolute atomic E-state index is 11.8. The van der Waals surface area contributed by atoms with Crippen LogP contribution in [0.3, 0.4) is 0 Å². The fraction of sp³-hybridized carbons (Fsp3) is 0.182. The van der Waals surface area contributed by atoms with Gasteiger partial charge in [0.15, 0.2) is 0 Å². The Hall–Kier alpha value is -2.41. The standard InChI is InChI=1S/C11H14N6O/c1-2-17-7-9(6-14-17)15-11(18)10-4-3-8(16-12)5-13-10/h3-7,16H,2,12H2,1H3,(H,15,18). The molecule has 7 heteroatoms. The van der Waals surface area contributed by atoms with E-state index in [-0.39, 0.29) is 5.91 Å². The van der Waals surface area contributed by atoms with E-state index in [0.717, 1.165) is 6.54 Å². The van der Waals surface area contributed by atoms with E-state index < -0.39 is 0 Å². The highest BCUT2D eigenvalue weighted by atomic mass is 16.1. The van der Waals surface area contributed by atoms with Gasteiger partial charge in [0.05, 0.1) is 23.8 Å². The van der Waals surface area contributed by atoms with Crippen LogP contribution in [-0.4, -0.2) is 20.7 Å². The quantitative estimate of drug-likeness (QED) is 0.548. The van der Waals surface area contributed by atoms with Crippen LogP contribution in [0.2, 0.25) is 0 Å². The molecule has 4 N–H and O–H groups in total. The number of rotatable bonds is 4. The minimum absolute atomic E-state index is 0.283. The smallest absolute Gasteiger partial charge is 0.274 e. The van der Waals surface area contributed by atoms with Crippen LogP contribution in [0.1, 0.15) is 17.4 Å². The average molecular weight is 246 g/mol. The van der Waals surface area contributed by atoms with E-state index in [1.54, 1.807) is 29.2 Å². The summed E-state index contributed by atoms with van der Waals surface area (Å²) in [7, 11) is 0. The Labute approximate surface area is 104 Å². The summed E-state index contributed by atoms with van der Waals surface area (Å²) in [6, 6.07) is 3.27. The number of hydrogen-bond donors (Lipinski definition) is 3. The summed E-state index contributed by atoms with van der Waals surface area (Å²) in [5.41, 5.74) is 4.05. The maximum atomic E-state index is 11.8.